The van der Waals surface area contributed by atoms with Crippen LogP contribution in [-0.2, 0) is 47.6 Å². The highest BCUT2D eigenvalue weighted by Crippen LogP contribution is 2.42. The van der Waals surface area contributed by atoms with Gasteiger partial charge in [0, 0.05) is 68.4 Å². The van der Waals surface area contributed by atoms with Crippen molar-refractivity contribution in [2.24, 2.45) is 28.4 Å². The molecule has 0 spiro atoms. The van der Waals surface area contributed by atoms with Gasteiger partial charge in [0.15, 0.2) is 23.2 Å². The predicted molar refractivity (Wildman–Crippen MR) is 264 cm³/mol. The van der Waals surface area contributed by atoms with E-state index in [2.05, 4.69) is 40.8 Å². The third kappa shape index (κ3) is 13.7. The molecule has 0 aliphatic carbocycles. The second kappa shape index (κ2) is 23.5. The van der Waals surface area contributed by atoms with Crippen LogP contribution in [0.5, 0.6) is 11.5 Å². The summed E-state index contributed by atoms with van der Waals surface area (Å²) in [5, 5.41) is 29.4. The van der Waals surface area contributed by atoms with E-state index in [1.807, 2.05) is 30.3 Å². The predicted octanol–water partition coefficient (Wildman–Crippen LogP) is 4.35. The van der Waals surface area contributed by atoms with Gasteiger partial charge in [-0.2, -0.15) is 13.7 Å². The molecule has 2 heterocycles. The molecule has 3 aromatic carbocycles. The molecule has 0 saturated carbocycles. The zero-order chi connectivity index (χ0) is 51.7. The van der Waals surface area contributed by atoms with Crippen molar-refractivity contribution in [2.45, 2.75) is 104 Å². The molecule has 1 aromatic heterocycles. The Morgan fingerprint density at radius 2 is 1.67 bits per heavy atom. The van der Waals surface area contributed by atoms with Crippen molar-refractivity contribution >= 4 is 39.4 Å². The SMILES string of the molecule is Cc1nc(-c2ccc(C(C)(C)C)cc2)nc(C)c1C(=O)C[C@@H](CNS(N)(=O)=O)C(=O)N(C)[C@@H]1C(=O)C[C@@H](C)C(=O)N[C@H](C(=O)CCC#N)Cc2ccc(OCCN)c(c2)-c2cc1cc(CCCN)c2O. The number of phenols is 1. The number of nitrogens with two attached hydrogens (primary N) is 3. The first-order chi connectivity index (χ1) is 33.0. The molecule has 1 aliphatic rings. The lowest BCUT2D eigenvalue weighted by Crippen LogP contribution is -2.46. The summed E-state index contributed by atoms with van der Waals surface area (Å²) in [4.78, 5) is 82.1. The van der Waals surface area contributed by atoms with Gasteiger partial charge in [0.25, 0.3) is 10.2 Å². The molecule has 5 rings (SSSR count). The monoisotopic (exact) mass is 979 g/mol. The Balaban J connectivity index is 1.64. The minimum Gasteiger partial charge on any atom is -0.507 e. The number of aromatic nitrogens is 2. The van der Waals surface area contributed by atoms with Crippen LogP contribution in [0.2, 0.25) is 0 Å². The van der Waals surface area contributed by atoms with Crippen molar-refractivity contribution in [2.75, 3.05) is 33.3 Å². The Bertz CT molecular complexity index is 2740. The first-order valence-electron chi connectivity index (χ1n) is 23.3. The topological polar surface area (TPSA) is 304 Å². The van der Waals surface area contributed by atoms with Crippen molar-refractivity contribution in [3.63, 3.8) is 0 Å². The number of nitrogens with one attached hydrogen (secondary N) is 2. The van der Waals surface area contributed by atoms with Gasteiger partial charge in [-0.3, -0.25) is 24.0 Å². The van der Waals surface area contributed by atoms with E-state index in [-0.39, 0.29) is 73.2 Å². The molecular weight excluding hydrogens is 915 g/mol. The van der Waals surface area contributed by atoms with Gasteiger partial charge in [0.05, 0.1) is 35.0 Å². The number of fused-ring (bicyclic) bond motifs is 5. The number of likely N-dealkylation sites (N-methyl/N-ethyl adjacent to an activating group) is 1. The Morgan fingerprint density at radius 3 is 2.27 bits per heavy atom. The first kappa shape index (κ1) is 54.5. The number of Topliss-reactive ketones (excluding diaryl/α,β-unsaturated/α-hetero) is 3. The number of rotatable bonds is 18. The Kier molecular flexibility index (Phi) is 18.3. The van der Waals surface area contributed by atoms with Crippen LogP contribution in [0.3, 0.4) is 0 Å². The van der Waals surface area contributed by atoms with Crippen LogP contribution < -0.4 is 31.4 Å². The minimum absolute atomic E-state index is 0.00855. The van der Waals surface area contributed by atoms with Crippen LogP contribution in [-0.4, -0.2) is 96.9 Å². The summed E-state index contributed by atoms with van der Waals surface area (Å²) in [5.41, 5.74) is 16.0. The molecule has 4 atom stereocenters. The van der Waals surface area contributed by atoms with Crippen LogP contribution in [0.15, 0.2) is 54.6 Å². The quantitative estimate of drug-likeness (QED) is 0.0756. The number of phenolic OH excluding ortho intramolecular Hbond substituents is 1. The molecule has 0 radical (unpaired) electrons. The minimum atomic E-state index is -4.41. The summed E-state index contributed by atoms with van der Waals surface area (Å²) < 4.78 is 32.9. The van der Waals surface area contributed by atoms with Gasteiger partial charge in [-0.25, -0.2) is 19.8 Å². The van der Waals surface area contributed by atoms with Crippen molar-refractivity contribution in [1.82, 2.24) is 24.9 Å². The lowest BCUT2D eigenvalue weighted by Gasteiger charge is -2.32. The Labute approximate surface area is 410 Å². The number of aromatic hydroxyl groups is 1. The van der Waals surface area contributed by atoms with Crippen molar-refractivity contribution in [3.8, 4) is 40.1 Å². The van der Waals surface area contributed by atoms with E-state index in [0.717, 1.165) is 16.0 Å². The van der Waals surface area contributed by atoms with E-state index >= 15 is 4.79 Å². The normalized spacial score (nSPS) is 16.9. The molecule has 1 aliphatic heterocycles. The maximum absolute atomic E-state index is 15.0. The van der Waals surface area contributed by atoms with Crippen LogP contribution in [0, 0.1) is 37.0 Å². The summed E-state index contributed by atoms with van der Waals surface area (Å²) in [7, 11) is -3.07. The summed E-state index contributed by atoms with van der Waals surface area (Å²) in [6, 6.07) is 15.3. The van der Waals surface area contributed by atoms with Crippen LogP contribution >= 0.6 is 0 Å². The fourth-order valence-corrected chi connectivity index (χ4v) is 9.06. The zero-order valence-corrected chi connectivity index (χ0v) is 41.7. The molecule has 374 valence electrons. The number of carbonyl (C=O) groups excluding carboxylic acids is 5. The number of nitrogens with zero attached hydrogens (tertiary/aromatic N) is 4. The summed E-state index contributed by atoms with van der Waals surface area (Å²) >= 11 is 0. The van der Waals surface area contributed by atoms with Gasteiger partial charge in [0.2, 0.25) is 11.8 Å². The van der Waals surface area contributed by atoms with Crippen LogP contribution in [0.1, 0.15) is 110 Å². The number of ketones is 3. The van der Waals surface area contributed by atoms with Gasteiger partial charge in [0.1, 0.15) is 24.1 Å². The third-order valence-electron chi connectivity index (χ3n) is 12.4. The van der Waals surface area contributed by atoms with Crippen molar-refractivity contribution in [3.05, 3.63) is 93.8 Å². The van der Waals surface area contributed by atoms with E-state index in [4.69, 9.17) is 21.3 Å². The molecule has 0 saturated heterocycles. The van der Waals surface area contributed by atoms with Gasteiger partial charge in [-0.05, 0) is 91.6 Å². The average molecular weight is 980 g/mol. The molecule has 0 fully saturated rings. The number of amides is 2. The van der Waals surface area contributed by atoms with Gasteiger partial charge in [-0.1, -0.05) is 58.0 Å². The highest BCUT2D eigenvalue weighted by molar-refractivity contribution is 7.87. The highest BCUT2D eigenvalue weighted by Gasteiger charge is 2.37. The summed E-state index contributed by atoms with van der Waals surface area (Å²) in [6.45, 7) is 10.9. The second-order valence-corrected chi connectivity index (χ2v) is 20.3. The van der Waals surface area contributed by atoms with Crippen LogP contribution in [0.4, 0.5) is 0 Å². The van der Waals surface area contributed by atoms with E-state index < -0.39 is 82.7 Å². The number of nitriles is 1. The maximum Gasteiger partial charge on any atom is 0.274 e. The first-order valence-corrected chi connectivity index (χ1v) is 24.8. The molecular formula is C51H65N9O9S. The summed E-state index contributed by atoms with van der Waals surface area (Å²) in [5.74, 6) is -5.04. The fourth-order valence-electron chi connectivity index (χ4n) is 8.63. The number of benzene rings is 3. The largest absolute Gasteiger partial charge is 0.507 e. The number of hydrogen-bond donors (Lipinski definition) is 6. The van der Waals surface area contributed by atoms with E-state index in [9.17, 15) is 38.0 Å². The molecule has 0 unspecified atom stereocenters. The van der Waals surface area contributed by atoms with E-state index in [1.54, 1.807) is 44.2 Å². The fraction of sp³-hybridized carbons (Fsp3) is 0.451. The van der Waals surface area contributed by atoms with Crippen molar-refractivity contribution in [1.29, 1.82) is 5.26 Å². The van der Waals surface area contributed by atoms with Gasteiger partial charge in [-0.15, -0.1) is 0 Å². The molecule has 19 heteroatoms. The number of ether oxygens (including phenoxy) is 1. The molecule has 18 nitrogen and oxygen atoms in total. The summed E-state index contributed by atoms with van der Waals surface area (Å²) in [6.07, 6.45) is -0.571. The highest BCUT2D eigenvalue weighted by atomic mass is 32.2. The molecule has 4 bridgehead atoms. The molecule has 9 N–H and O–H groups in total. The molecule has 4 aromatic rings. The second-order valence-electron chi connectivity index (χ2n) is 18.9. The lowest BCUT2D eigenvalue weighted by molar-refractivity contribution is -0.142. The average Bonchev–Trinajstić information content (AvgIpc) is 3.29. The van der Waals surface area contributed by atoms with Gasteiger partial charge < -0.3 is 31.5 Å². The number of aryl methyl sites for hydroxylation is 3. The number of hydrogen-bond acceptors (Lipinski definition) is 14. The zero-order valence-electron chi connectivity index (χ0n) is 40.9. The standard InChI is InChI=1S/C51H65N9O9S/c1-29-22-43(63)46(60(7)50(66)36(28-56-70(55,67)68)27-42(62)45-30(2)57-48(58-31(45)3)33-13-15-37(16-14-33)51(4,5)6)35-25-34(10-8-18-52)47(64)39(26-35)38-23-32(12-17-44(38)69-21-20-54)24-40(59-49(29)65)41(61)11-9-19-53/h12-17,23,25-26,29,36,40,46,56,64H,8-11,18,20-22,24,27-28,52,54H2,1-7H3,(H,59,65)(H2,55,67,68)/t29-,36+,40+,46+/m1/s1. The van der Waals surface area contributed by atoms with E-state index in [0.29, 0.717) is 46.1 Å². The Hall–Kier alpha value is -6.43. The maximum atomic E-state index is 15.0. The van der Waals surface area contributed by atoms with E-state index in [1.165, 1.54) is 14.0 Å². The van der Waals surface area contributed by atoms with Crippen LogP contribution in [0.25, 0.3) is 22.5 Å². The number of carbonyl (C=O) groups is 5. The molecule has 70 heavy (non-hydrogen) atoms. The Morgan fingerprint density at radius 1 is 1.00 bits per heavy atom. The third-order valence-corrected chi connectivity index (χ3v) is 12.9. The smallest absolute Gasteiger partial charge is 0.274 e. The molecule has 2 amide bonds. The van der Waals surface area contributed by atoms with Crippen molar-refractivity contribution < 1.29 is 42.2 Å². The van der Waals surface area contributed by atoms with Gasteiger partial charge >= 0.3 is 0 Å². The lowest BCUT2D eigenvalue weighted by atomic mass is 9.86.